The molecule has 1 amide bonds. The zero-order chi connectivity index (χ0) is 19.2. The van der Waals surface area contributed by atoms with Crippen LogP contribution in [-0.2, 0) is 24.7 Å². The van der Waals surface area contributed by atoms with Crippen LogP contribution in [0.25, 0.3) is 0 Å². The third kappa shape index (κ3) is 5.13. The van der Waals surface area contributed by atoms with Crippen molar-refractivity contribution in [2.75, 3.05) is 11.1 Å². The molecule has 2 aromatic carbocycles. The number of aromatic nitrogens is 3. The van der Waals surface area contributed by atoms with Crippen LogP contribution < -0.4 is 5.32 Å². The van der Waals surface area contributed by atoms with Gasteiger partial charge in [-0.1, -0.05) is 42.1 Å². The SMILES string of the molecule is Cn1c(CCc2ccccc2)nnc1SCC(=O)Nc1ccc(F)cc1F. The van der Waals surface area contributed by atoms with Gasteiger partial charge in [0.2, 0.25) is 5.91 Å². The molecule has 8 heteroatoms. The van der Waals surface area contributed by atoms with Gasteiger partial charge in [0, 0.05) is 19.5 Å². The van der Waals surface area contributed by atoms with Crippen molar-refractivity contribution in [1.29, 1.82) is 0 Å². The van der Waals surface area contributed by atoms with E-state index in [1.165, 1.54) is 23.4 Å². The fraction of sp³-hybridized carbons (Fsp3) is 0.211. The van der Waals surface area contributed by atoms with Crippen LogP contribution in [0.3, 0.4) is 0 Å². The normalized spacial score (nSPS) is 10.8. The minimum atomic E-state index is -0.810. The van der Waals surface area contributed by atoms with Gasteiger partial charge in [-0.15, -0.1) is 10.2 Å². The number of aryl methyl sites for hydroxylation is 2. The Bertz CT molecular complexity index is 931. The standard InChI is InChI=1S/C19H18F2N4OS/c1-25-17(10-7-13-5-3-2-4-6-13)23-24-19(25)27-12-18(26)22-16-9-8-14(20)11-15(16)21/h2-6,8-9,11H,7,10,12H2,1H3,(H,22,26). The summed E-state index contributed by atoms with van der Waals surface area (Å²) in [5.41, 5.74) is 1.17. The Hall–Kier alpha value is -2.74. The van der Waals surface area contributed by atoms with E-state index in [0.717, 1.165) is 30.8 Å². The largest absolute Gasteiger partial charge is 0.323 e. The molecule has 140 valence electrons. The molecular weight excluding hydrogens is 370 g/mol. The number of halogens is 2. The number of nitrogens with zero attached hydrogens (tertiary/aromatic N) is 3. The predicted octanol–water partition coefficient (Wildman–Crippen LogP) is 3.61. The molecule has 0 saturated heterocycles. The van der Waals surface area contributed by atoms with Crippen LogP contribution in [0.2, 0.25) is 0 Å². The van der Waals surface area contributed by atoms with E-state index in [-0.39, 0.29) is 11.4 Å². The lowest BCUT2D eigenvalue weighted by Gasteiger charge is -2.07. The molecule has 27 heavy (non-hydrogen) atoms. The molecule has 0 radical (unpaired) electrons. The van der Waals surface area contributed by atoms with Gasteiger partial charge in [0.15, 0.2) is 5.16 Å². The number of carbonyl (C=O) groups excluding carboxylic acids is 1. The third-order valence-electron chi connectivity index (χ3n) is 3.94. The summed E-state index contributed by atoms with van der Waals surface area (Å²) < 4.78 is 28.3. The number of rotatable bonds is 7. The van der Waals surface area contributed by atoms with Crippen molar-refractivity contribution in [3.63, 3.8) is 0 Å². The van der Waals surface area contributed by atoms with Gasteiger partial charge in [-0.25, -0.2) is 8.78 Å². The summed E-state index contributed by atoms with van der Waals surface area (Å²) in [7, 11) is 1.85. The molecule has 0 aliphatic rings. The van der Waals surface area contributed by atoms with Gasteiger partial charge in [-0.05, 0) is 24.1 Å². The molecule has 0 aliphatic heterocycles. The molecule has 0 aliphatic carbocycles. The van der Waals surface area contributed by atoms with Crippen LogP contribution >= 0.6 is 11.8 Å². The minimum absolute atomic E-state index is 0.0431. The van der Waals surface area contributed by atoms with Crippen molar-refractivity contribution in [1.82, 2.24) is 14.8 Å². The summed E-state index contributed by atoms with van der Waals surface area (Å²) >= 11 is 1.21. The number of amides is 1. The second kappa shape index (κ2) is 8.77. The van der Waals surface area contributed by atoms with Gasteiger partial charge in [0.25, 0.3) is 0 Å². The first-order valence-electron chi connectivity index (χ1n) is 8.33. The second-order valence-corrected chi connectivity index (χ2v) is 6.85. The van der Waals surface area contributed by atoms with Crippen molar-refractivity contribution in [3.8, 4) is 0 Å². The van der Waals surface area contributed by atoms with Crippen LogP contribution in [0.4, 0.5) is 14.5 Å². The summed E-state index contributed by atoms with van der Waals surface area (Å²) in [4.78, 5) is 12.0. The quantitative estimate of drug-likeness (QED) is 0.628. The summed E-state index contributed by atoms with van der Waals surface area (Å²) in [5, 5.41) is 11.3. The van der Waals surface area contributed by atoms with E-state index in [1.807, 2.05) is 29.8 Å². The van der Waals surface area contributed by atoms with E-state index >= 15 is 0 Å². The first-order chi connectivity index (χ1) is 13.0. The van der Waals surface area contributed by atoms with Crippen molar-refractivity contribution in [2.24, 2.45) is 7.05 Å². The second-order valence-electron chi connectivity index (χ2n) is 5.90. The van der Waals surface area contributed by atoms with E-state index in [0.29, 0.717) is 5.16 Å². The smallest absolute Gasteiger partial charge is 0.234 e. The van der Waals surface area contributed by atoms with E-state index in [4.69, 9.17) is 0 Å². The van der Waals surface area contributed by atoms with E-state index in [2.05, 4.69) is 27.6 Å². The maximum absolute atomic E-state index is 13.6. The maximum Gasteiger partial charge on any atom is 0.234 e. The monoisotopic (exact) mass is 388 g/mol. The molecule has 0 fully saturated rings. The van der Waals surface area contributed by atoms with Gasteiger partial charge in [0.05, 0.1) is 11.4 Å². The molecule has 1 aromatic heterocycles. The molecule has 0 bridgehead atoms. The minimum Gasteiger partial charge on any atom is -0.323 e. The summed E-state index contributed by atoms with van der Waals surface area (Å²) in [6.07, 6.45) is 1.59. The highest BCUT2D eigenvalue weighted by atomic mass is 32.2. The molecule has 0 spiro atoms. The van der Waals surface area contributed by atoms with Crippen molar-refractivity contribution < 1.29 is 13.6 Å². The molecule has 0 saturated carbocycles. The van der Waals surface area contributed by atoms with E-state index in [1.54, 1.807) is 0 Å². The lowest BCUT2D eigenvalue weighted by molar-refractivity contribution is -0.113. The molecule has 0 atom stereocenters. The van der Waals surface area contributed by atoms with E-state index in [9.17, 15) is 13.6 Å². The van der Waals surface area contributed by atoms with Crippen LogP contribution in [0.15, 0.2) is 53.7 Å². The predicted molar refractivity (Wildman–Crippen MR) is 101 cm³/mol. The highest BCUT2D eigenvalue weighted by Crippen LogP contribution is 2.19. The number of hydrogen-bond acceptors (Lipinski definition) is 4. The topological polar surface area (TPSA) is 59.8 Å². The lowest BCUT2D eigenvalue weighted by Crippen LogP contribution is -2.15. The number of carbonyl (C=O) groups is 1. The van der Waals surface area contributed by atoms with Gasteiger partial charge < -0.3 is 9.88 Å². The van der Waals surface area contributed by atoms with Gasteiger partial charge in [0.1, 0.15) is 17.5 Å². The zero-order valence-corrected chi connectivity index (χ0v) is 15.5. The number of thioether (sulfide) groups is 1. The first kappa shape index (κ1) is 19.0. The lowest BCUT2D eigenvalue weighted by atomic mass is 10.1. The van der Waals surface area contributed by atoms with Crippen molar-refractivity contribution >= 4 is 23.4 Å². The Morgan fingerprint density at radius 1 is 1.11 bits per heavy atom. The number of anilines is 1. The molecule has 3 aromatic rings. The number of nitrogens with one attached hydrogen (secondary N) is 1. The maximum atomic E-state index is 13.6. The number of hydrogen-bond donors (Lipinski definition) is 1. The van der Waals surface area contributed by atoms with Gasteiger partial charge >= 0.3 is 0 Å². The highest BCUT2D eigenvalue weighted by molar-refractivity contribution is 7.99. The average Bonchev–Trinajstić information content (AvgIpc) is 3.01. The molecule has 1 N–H and O–H groups in total. The molecule has 5 nitrogen and oxygen atoms in total. The molecule has 0 unspecified atom stereocenters. The third-order valence-corrected chi connectivity index (χ3v) is 4.96. The Morgan fingerprint density at radius 3 is 2.63 bits per heavy atom. The van der Waals surface area contributed by atoms with Crippen molar-refractivity contribution in [3.05, 3.63) is 71.6 Å². The fourth-order valence-electron chi connectivity index (χ4n) is 2.50. The highest BCUT2D eigenvalue weighted by Gasteiger charge is 2.13. The fourth-order valence-corrected chi connectivity index (χ4v) is 3.23. The Morgan fingerprint density at radius 2 is 1.89 bits per heavy atom. The first-order valence-corrected chi connectivity index (χ1v) is 9.31. The zero-order valence-electron chi connectivity index (χ0n) is 14.7. The summed E-state index contributed by atoms with van der Waals surface area (Å²) in [6, 6.07) is 13.1. The molecule has 3 rings (SSSR count). The molecular formula is C19H18F2N4OS. The summed E-state index contributed by atoms with van der Waals surface area (Å²) in [6.45, 7) is 0. The number of benzene rings is 2. The Balaban J connectivity index is 1.53. The molecule has 1 heterocycles. The summed E-state index contributed by atoms with van der Waals surface area (Å²) in [5.74, 6) is -1.04. The Kier molecular flexibility index (Phi) is 6.18. The van der Waals surface area contributed by atoms with Crippen LogP contribution in [0.5, 0.6) is 0 Å². The van der Waals surface area contributed by atoms with Gasteiger partial charge in [-0.3, -0.25) is 4.79 Å². The van der Waals surface area contributed by atoms with Crippen molar-refractivity contribution in [2.45, 2.75) is 18.0 Å². The average molecular weight is 388 g/mol. The van der Waals surface area contributed by atoms with Crippen LogP contribution in [0, 0.1) is 11.6 Å². The van der Waals surface area contributed by atoms with Crippen LogP contribution in [-0.4, -0.2) is 26.4 Å². The van der Waals surface area contributed by atoms with Crippen LogP contribution in [0.1, 0.15) is 11.4 Å². The van der Waals surface area contributed by atoms with E-state index < -0.39 is 17.5 Å². The van der Waals surface area contributed by atoms with Gasteiger partial charge in [-0.2, -0.15) is 0 Å². The Labute approximate surface area is 159 Å².